The lowest BCUT2D eigenvalue weighted by molar-refractivity contribution is 0.0946. The van der Waals surface area contributed by atoms with Crippen LogP contribution < -0.4 is 19.5 Å². The number of ether oxygens (including phenoxy) is 2. The van der Waals surface area contributed by atoms with E-state index < -0.39 is 10.0 Å². The Kier molecular flexibility index (Phi) is 7.45. The van der Waals surface area contributed by atoms with Crippen molar-refractivity contribution in [2.45, 2.75) is 11.4 Å². The molecule has 0 saturated heterocycles. The molecule has 158 valence electrons. The molecule has 0 saturated carbocycles. The lowest BCUT2D eigenvalue weighted by Gasteiger charge is -2.11. The Morgan fingerprint density at radius 1 is 1.03 bits per heavy atom. The third kappa shape index (κ3) is 5.82. The van der Waals surface area contributed by atoms with Gasteiger partial charge in [-0.25, -0.2) is 13.1 Å². The van der Waals surface area contributed by atoms with Crippen LogP contribution >= 0.6 is 11.3 Å². The van der Waals surface area contributed by atoms with E-state index in [1.165, 1.54) is 23.5 Å². The maximum absolute atomic E-state index is 12.5. The van der Waals surface area contributed by atoms with Crippen LogP contribution in [-0.4, -0.2) is 34.6 Å². The van der Waals surface area contributed by atoms with Crippen molar-refractivity contribution in [1.82, 2.24) is 10.0 Å². The molecule has 1 aromatic heterocycles. The van der Waals surface area contributed by atoms with Gasteiger partial charge in [0, 0.05) is 17.0 Å². The number of para-hydroxylation sites is 2. The Hall–Kier alpha value is -2.88. The van der Waals surface area contributed by atoms with Gasteiger partial charge in [-0.1, -0.05) is 24.3 Å². The van der Waals surface area contributed by atoms with E-state index in [1.807, 2.05) is 29.6 Å². The Morgan fingerprint density at radius 2 is 1.83 bits per heavy atom. The summed E-state index contributed by atoms with van der Waals surface area (Å²) in [6, 6.07) is 16.9. The van der Waals surface area contributed by atoms with Gasteiger partial charge in [-0.15, -0.1) is 11.3 Å². The van der Waals surface area contributed by atoms with Crippen molar-refractivity contribution in [1.29, 1.82) is 0 Å². The summed E-state index contributed by atoms with van der Waals surface area (Å²) < 4.78 is 38.4. The monoisotopic (exact) mass is 446 g/mol. The number of hydrogen-bond donors (Lipinski definition) is 2. The first-order chi connectivity index (χ1) is 14.5. The van der Waals surface area contributed by atoms with E-state index in [2.05, 4.69) is 10.0 Å². The van der Waals surface area contributed by atoms with E-state index in [9.17, 15) is 13.2 Å². The number of methoxy groups -OCH3 is 1. The molecule has 0 spiro atoms. The number of nitrogens with one attached hydrogen (secondary N) is 2. The van der Waals surface area contributed by atoms with Crippen LogP contribution in [0, 0.1) is 0 Å². The zero-order valence-electron chi connectivity index (χ0n) is 16.3. The highest BCUT2D eigenvalue weighted by Crippen LogP contribution is 2.25. The molecule has 1 heterocycles. The largest absolute Gasteiger partial charge is 0.493 e. The van der Waals surface area contributed by atoms with Gasteiger partial charge in [0.1, 0.15) is 6.61 Å². The molecular weight excluding hydrogens is 424 g/mol. The first-order valence-electron chi connectivity index (χ1n) is 9.16. The van der Waals surface area contributed by atoms with Crippen LogP contribution in [0.4, 0.5) is 0 Å². The molecular formula is C21H22N2O5S2. The van der Waals surface area contributed by atoms with Crippen molar-refractivity contribution in [3.05, 3.63) is 76.5 Å². The molecule has 0 atom stereocenters. The van der Waals surface area contributed by atoms with Crippen LogP contribution in [-0.2, 0) is 16.6 Å². The second-order valence-corrected chi connectivity index (χ2v) is 8.99. The van der Waals surface area contributed by atoms with Gasteiger partial charge >= 0.3 is 0 Å². The van der Waals surface area contributed by atoms with E-state index in [1.54, 1.807) is 31.4 Å². The van der Waals surface area contributed by atoms with Gasteiger partial charge in [0.05, 0.1) is 18.6 Å². The first kappa shape index (κ1) is 21.8. The Morgan fingerprint density at radius 3 is 2.57 bits per heavy atom. The van der Waals surface area contributed by atoms with E-state index in [0.717, 1.165) is 4.88 Å². The number of sulfonamides is 1. The third-order valence-electron chi connectivity index (χ3n) is 4.14. The van der Waals surface area contributed by atoms with E-state index >= 15 is 0 Å². The predicted molar refractivity (Wildman–Crippen MR) is 116 cm³/mol. The quantitative estimate of drug-likeness (QED) is 0.467. The first-order valence-corrected chi connectivity index (χ1v) is 11.5. The molecule has 2 N–H and O–H groups in total. The molecule has 9 heteroatoms. The molecule has 0 bridgehead atoms. The smallest absolute Gasteiger partial charge is 0.251 e. The average molecular weight is 447 g/mol. The predicted octanol–water partition coefficient (Wildman–Crippen LogP) is 3.04. The number of hydrogen-bond acceptors (Lipinski definition) is 6. The maximum atomic E-state index is 12.5. The standard InChI is InChI=1S/C21H22N2O5S2/c1-27-19-9-2-3-10-20(19)28-12-11-22-21(24)16-6-4-8-18(14-16)30(25,26)23-15-17-7-5-13-29-17/h2-10,13-14,23H,11-12,15H2,1H3,(H,22,24). The highest BCUT2D eigenvalue weighted by atomic mass is 32.2. The minimum absolute atomic E-state index is 0.0389. The third-order valence-corrected chi connectivity index (χ3v) is 6.41. The van der Waals surface area contributed by atoms with Crippen molar-refractivity contribution in [2.24, 2.45) is 0 Å². The Labute approximate surface area is 179 Å². The lowest BCUT2D eigenvalue weighted by atomic mass is 10.2. The summed E-state index contributed by atoms with van der Waals surface area (Å²) in [5.41, 5.74) is 0.256. The second kappa shape index (κ2) is 10.2. The summed E-state index contributed by atoms with van der Waals surface area (Å²) in [6.45, 7) is 0.702. The van der Waals surface area contributed by atoms with Crippen LogP contribution in [0.5, 0.6) is 11.5 Å². The van der Waals surface area contributed by atoms with Crippen molar-refractivity contribution in [3.63, 3.8) is 0 Å². The van der Waals surface area contributed by atoms with Gasteiger partial charge in [0.2, 0.25) is 10.0 Å². The van der Waals surface area contributed by atoms with Gasteiger partial charge in [0.25, 0.3) is 5.91 Å². The number of benzene rings is 2. The lowest BCUT2D eigenvalue weighted by Crippen LogP contribution is -2.28. The molecule has 0 aliphatic carbocycles. The molecule has 7 nitrogen and oxygen atoms in total. The normalized spacial score (nSPS) is 11.1. The number of carbonyl (C=O) groups excluding carboxylic acids is 1. The fraction of sp³-hybridized carbons (Fsp3) is 0.190. The minimum Gasteiger partial charge on any atom is -0.493 e. The van der Waals surface area contributed by atoms with Crippen LogP contribution in [0.2, 0.25) is 0 Å². The van der Waals surface area contributed by atoms with Crippen molar-refractivity contribution < 1.29 is 22.7 Å². The molecule has 3 rings (SSSR count). The van der Waals surface area contributed by atoms with Crippen LogP contribution in [0.3, 0.4) is 0 Å². The fourth-order valence-electron chi connectivity index (χ4n) is 2.63. The van der Waals surface area contributed by atoms with Gasteiger partial charge < -0.3 is 14.8 Å². The molecule has 0 fully saturated rings. The van der Waals surface area contributed by atoms with Gasteiger partial charge in [-0.2, -0.15) is 0 Å². The van der Waals surface area contributed by atoms with E-state index in [4.69, 9.17) is 9.47 Å². The SMILES string of the molecule is COc1ccccc1OCCNC(=O)c1cccc(S(=O)(=O)NCc2cccs2)c1. The van der Waals surface area contributed by atoms with E-state index in [0.29, 0.717) is 11.5 Å². The molecule has 0 radical (unpaired) electrons. The van der Waals surface area contributed by atoms with Gasteiger partial charge in [-0.05, 0) is 41.8 Å². The number of amides is 1. The van der Waals surface area contributed by atoms with Crippen molar-refractivity contribution in [3.8, 4) is 11.5 Å². The molecule has 3 aromatic rings. The fourth-order valence-corrected chi connectivity index (χ4v) is 4.42. The minimum atomic E-state index is -3.72. The molecule has 1 amide bonds. The zero-order valence-corrected chi connectivity index (χ0v) is 18.0. The second-order valence-electron chi connectivity index (χ2n) is 6.19. The average Bonchev–Trinajstić information content (AvgIpc) is 3.29. The Bertz CT molecular complexity index is 1080. The molecule has 0 aliphatic rings. The summed E-state index contributed by atoms with van der Waals surface area (Å²) in [6.07, 6.45) is 0. The summed E-state index contributed by atoms with van der Waals surface area (Å²) in [5, 5.41) is 4.60. The molecule has 30 heavy (non-hydrogen) atoms. The maximum Gasteiger partial charge on any atom is 0.251 e. The summed E-state index contributed by atoms with van der Waals surface area (Å²) >= 11 is 1.47. The zero-order chi connectivity index (χ0) is 21.4. The number of carbonyl (C=O) groups is 1. The van der Waals surface area contributed by atoms with Gasteiger partial charge in [0.15, 0.2) is 11.5 Å². The number of rotatable bonds is 10. The molecule has 2 aromatic carbocycles. The highest BCUT2D eigenvalue weighted by molar-refractivity contribution is 7.89. The Balaban J connectivity index is 1.55. The van der Waals surface area contributed by atoms with Crippen molar-refractivity contribution in [2.75, 3.05) is 20.3 Å². The van der Waals surface area contributed by atoms with Gasteiger partial charge in [-0.3, -0.25) is 4.79 Å². The topological polar surface area (TPSA) is 93.7 Å². The molecule has 0 unspecified atom stereocenters. The van der Waals surface area contributed by atoms with Crippen LogP contribution in [0.25, 0.3) is 0 Å². The molecule has 0 aliphatic heterocycles. The van der Waals surface area contributed by atoms with Crippen LogP contribution in [0.1, 0.15) is 15.2 Å². The van der Waals surface area contributed by atoms with Crippen LogP contribution in [0.15, 0.2) is 70.9 Å². The van der Waals surface area contributed by atoms with E-state index in [-0.39, 0.29) is 36.1 Å². The van der Waals surface area contributed by atoms with Crippen molar-refractivity contribution >= 4 is 27.3 Å². The highest BCUT2D eigenvalue weighted by Gasteiger charge is 2.16. The summed E-state index contributed by atoms with van der Waals surface area (Å²) in [7, 11) is -2.17. The number of thiophene rings is 1. The summed E-state index contributed by atoms with van der Waals surface area (Å²) in [4.78, 5) is 13.3. The summed E-state index contributed by atoms with van der Waals surface area (Å²) in [5.74, 6) is 0.810.